The fourth-order valence-corrected chi connectivity index (χ4v) is 4.05. The molecule has 0 spiro atoms. The van der Waals surface area contributed by atoms with Gasteiger partial charge in [-0.2, -0.15) is 15.8 Å². The number of hydrogen-bond acceptors (Lipinski definition) is 4. The van der Waals surface area contributed by atoms with Gasteiger partial charge in [0.05, 0.1) is 23.4 Å². The van der Waals surface area contributed by atoms with Crippen molar-refractivity contribution in [3.63, 3.8) is 0 Å². The summed E-state index contributed by atoms with van der Waals surface area (Å²) in [5, 5.41) is 29.0. The van der Waals surface area contributed by atoms with Crippen LogP contribution in [0.15, 0.2) is 22.9 Å². The summed E-state index contributed by atoms with van der Waals surface area (Å²) in [6.07, 6.45) is 6.76. The van der Waals surface area contributed by atoms with Crippen LogP contribution in [0.2, 0.25) is 0 Å². The monoisotopic (exact) mass is 294 g/mol. The lowest BCUT2D eigenvalue weighted by Crippen LogP contribution is -2.44. The van der Waals surface area contributed by atoms with Crippen molar-refractivity contribution < 1.29 is 0 Å². The molecule has 0 fully saturated rings. The van der Waals surface area contributed by atoms with Crippen LogP contribution in [0.1, 0.15) is 46.0 Å². The minimum absolute atomic E-state index is 0.0971. The van der Waals surface area contributed by atoms with Gasteiger partial charge >= 0.3 is 0 Å². The molecule has 2 N–H and O–H groups in total. The van der Waals surface area contributed by atoms with Crippen molar-refractivity contribution in [2.24, 2.45) is 28.9 Å². The summed E-state index contributed by atoms with van der Waals surface area (Å²) in [6, 6.07) is 6.48. The topological polar surface area (TPSA) is 97.4 Å². The SMILES string of the molecule is CCCC1C2CC(CC)CC=C2C(C#N)=C(N)C1(C#N)C#N. The van der Waals surface area contributed by atoms with E-state index >= 15 is 0 Å². The molecule has 2 aliphatic rings. The number of nitrogens with zero attached hydrogens (tertiary/aromatic N) is 3. The molecule has 4 nitrogen and oxygen atoms in total. The quantitative estimate of drug-likeness (QED) is 0.860. The number of fused-ring (bicyclic) bond motifs is 1. The van der Waals surface area contributed by atoms with Gasteiger partial charge in [-0.1, -0.05) is 32.8 Å². The van der Waals surface area contributed by atoms with E-state index < -0.39 is 5.41 Å². The van der Waals surface area contributed by atoms with E-state index in [-0.39, 0.29) is 17.5 Å². The molecule has 0 bridgehead atoms. The van der Waals surface area contributed by atoms with Gasteiger partial charge in [0, 0.05) is 5.92 Å². The average Bonchev–Trinajstić information content (AvgIpc) is 2.56. The molecule has 0 aliphatic heterocycles. The van der Waals surface area contributed by atoms with Gasteiger partial charge in [-0.25, -0.2) is 0 Å². The fourth-order valence-electron chi connectivity index (χ4n) is 4.05. The summed E-state index contributed by atoms with van der Waals surface area (Å²) in [6.45, 7) is 4.22. The predicted molar refractivity (Wildman–Crippen MR) is 83.5 cm³/mol. The van der Waals surface area contributed by atoms with E-state index in [1.54, 1.807) is 0 Å². The van der Waals surface area contributed by atoms with Crippen LogP contribution in [0.25, 0.3) is 0 Å². The van der Waals surface area contributed by atoms with Gasteiger partial charge in [-0.15, -0.1) is 0 Å². The Morgan fingerprint density at radius 1 is 1.27 bits per heavy atom. The van der Waals surface area contributed by atoms with Crippen LogP contribution in [0, 0.1) is 57.2 Å². The molecule has 0 radical (unpaired) electrons. The Balaban J connectivity index is 2.67. The zero-order chi connectivity index (χ0) is 16.3. The van der Waals surface area contributed by atoms with Crippen molar-refractivity contribution in [3.8, 4) is 18.2 Å². The van der Waals surface area contributed by atoms with Gasteiger partial charge in [0.25, 0.3) is 0 Å². The third-order valence-corrected chi connectivity index (χ3v) is 5.32. The highest BCUT2D eigenvalue weighted by molar-refractivity contribution is 5.56. The van der Waals surface area contributed by atoms with Crippen LogP contribution in [-0.4, -0.2) is 0 Å². The molecule has 0 saturated heterocycles. The van der Waals surface area contributed by atoms with E-state index in [1.165, 1.54) is 0 Å². The molecule has 3 unspecified atom stereocenters. The molecule has 0 aromatic carbocycles. The first-order valence-corrected chi connectivity index (χ1v) is 8.02. The molecular weight excluding hydrogens is 272 g/mol. The van der Waals surface area contributed by atoms with Crippen LogP contribution < -0.4 is 5.73 Å². The number of nitrogens with two attached hydrogens (primary N) is 1. The smallest absolute Gasteiger partial charge is 0.187 e. The molecule has 0 aromatic rings. The summed E-state index contributed by atoms with van der Waals surface area (Å²) in [5.74, 6) is 0.535. The Bertz CT molecular complexity index is 621. The minimum atomic E-state index is -1.36. The summed E-state index contributed by atoms with van der Waals surface area (Å²) in [7, 11) is 0. The number of hydrogen-bond donors (Lipinski definition) is 1. The summed E-state index contributed by atoms with van der Waals surface area (Å²) in [5.41, 5.74) is 6.30. The number of rotatable bonds is 3. The van der Waals surface area contributed by atoms with E-state index in [1.807, 2.05) is 0 Å². The van der Waals surface area contributed by atoms with Gasteiger partial charge < -0.3 is 5.73 Å². The summed E-state index contributed by atoms with van der Waals surface area (Å²) < 4.78 is 0. The van der Waals surface area contributed by atoms with Crippen LogP contribution in [0.4, 0.5) is 0 Å². The highest BCUT2D eigenvalue weighted by Gasteiger charge is 2.53. The second-order valence-corrected chi connectivity index (χ2v) is 6.34. The first-order valence-electron chi connectivity index (χ1n) is 8.02. The van der Waals surface area contributed by atoms with E-state index in [0.29, 0.717) is 11.5 Å². The fraction of sp³-hybridized carbons (Fsp3) is 0.611. The molecular formula is C18H22N4. The van der Waals surface area contributed by atoms with Gasteiger partial charge in [0.2, 0.25) is 0 Å². The lowest BCUT2D eigenvalue weighted by molar-refractivity contribution is 0.193. The van der Waals surface area contributed by atoms with E-state index in [9.17, 15) is 15.8 Å². The Morgan fingerprint density at radius 2 is 1.95 bits per heavy atom. The molecule has 0 saturated carbocycles. The predicted octanol–water partition coefficient (Wildman–Crippen LogP) is 3.55. The lowest BCUT2D eigenvalue weighted by atomic mass is 9.56. The molecule has 4 heteroatoms. The maximum absolute atomic E-state index is 9.72. The van der Waals surface area contributed by atoms with Gasteiger partial charge in [0.15, 0.2) is 5.41 Å². The molecule has 22 heavy (non-hydrogen) atoms. The molecule has 114 valence electrons. The Labute approximate surface area is 132 Å². The maximum atomic E-state index is 9.72. The number of allylic oxidation sites excluding steroid dienone is 4. The molecule has 0 heterocycles. The maximum Gasteiger partial charge on any atom is 0.187 e. The molecule has 3 atom stereocenters. The largest absolute Gasteiger partial charge is 0.399 e. The first-order chi connectivity index (χ1) is 10.6. The van der Waals surface area contributed by atoms with E-state index in [4.69, 9.17) is 5.73 Å². The third-order valence-electron chi connectivity index (χ3n) is 5.32. The average molecular weight is 294 g/mol. The van der Waals surface area contributed by atoms with Crippen LogP contribution in [0.5, 0.6) is 0 Å². The summed E-state index contributed by atoms with van der Waals surface area (Å²) >= 11 is 0. The molecule has 2 aliphatic carbocycles. The zero-order valence-corrected chi connectivity index (χ0v) is 13.3. The first kappa shape index (κ1) is 16.1. The van der Waals surface area contributed by atoms with Gasteiger partial charge in [-0.3, -0.25) is 0 Å². The Hall–Kier alpha value is -2.25. The standard InChI is InChI=1S/C18H22N4/c1-3-5-16-14-8-12(4-2)6-7-13(14)15(9-19)17(22)18(16,10-20)11-21/h7,12,14,16H,3-6,8,22H2,1-2H3. The van der Waals surface area contributed by atoms with Crippen molar-refractivity contribution in [1.29, 1.82) is 15.8 Å². The normalized spacial score (nSPS) is 29.6. The van der Waals surface area contributed by atoms with E-state index in [2.05, 4.69) is 38.1 Å². The molecule has 0 amide bonds. The third kappa shape index (κ3) is 2.18. The minimum Gasteiger partial charge on any atom is -0.399 e. The van der Waals surface area contributed by atoms with Crippen LogP contribution >= 0.6 is 0 Å². The molecule has 0 aromatic heterocycles. The summed E-state index contributed by atoms with van der Waals surface area (Å²) in [4.78, 5) is 0. The highest BCUT2D eigenvalue weighted by Crippen LogP contribution is 2.53. The van der Waals surface area contributed by atoms with Crippen molar-refractivity contribution >= 4 is 0 Å². The zero-order valence-electron chi connectivity index (χ0n) is 13.3. The lowest BCUT2D eigenvalue weighted by Gasteiger charge is -2.44. The second kappa shape index (κ2) is 6.25. The second-order valence-electron chi connectivity index (χ2n) is 6.34. The van der Waals surface area contributed by atoms with Gasteiger partial charge in [-0.05, 0) is 36.7 Å². The molecule has 2 rings (SSSR count). The van der Waals surface area contributed by atoms with Crippen molar-refractivity contribution in [3.05, 3.63) is 22.9 Å². The van der Waals surface area contributed by atoms with Crippen molar-refractivity contribution in [1.82, 2.24) is 0 Å². The van der Waals surface area contributed by atoms with Crippen LogP contribution in [0.3, 0.4) is 0 Å². The van der Waals surface area contributed by atoms with E-state index in [0.717, 1.165) is 37.7 Å². The van der Waals surface area contributed by atoms with Gasteiger partial charge in [0.1, 0.15) is 6.07 Å². The number of nitriles is 3. The highest BCUT2D eigenvalue weighted by atomic mass is 14.7. The van der Waals surface area contributed by atoms with Crippen molar-refractivity contribution in [2.75, 3.05) is 0 Å². The van der Waals surface area contributed by atoms with Crippen LogP contribution in [-0.2, 0) is 0 Å². The Morgan fingerprint density at radius 3 is 2.45 bits per heavy atom. The Kier molecular flexibility index (Phi) is 4.58. The van der Waals surface area contributed by atoms with Crippen molar-refractivity contribution in [2.45, 2.75) is 46.0 Å².